The summed E-state index contributed by atoms with van der Waals surface area (Å²) in [6.07, 6.45) is 2.04. The average Bonchev–Trinajstić information content (AvgIpc) is 2.81. The first-order valence-corrected chi connectivity index (χ1v) is 6.67. The van der Waals surface area contributed by atoms with Gasteiger partial charge in [0, 0.05) is 23.6 Å². The summed E-state index contributed by atoms with van der Waals surface area (Å²) in [6, 6.07) is 14.3. The van der Waals surface area contributed by atoms with Crippen LogP contribution in [0, 0.1) is 6.92 Å². The molecule has 0 unspecified atom stereocenters. The SMILES string of the molecule is Cc1ccc(NCc2c[nH]c3ccccc23)c(Cl)c1. The third kappa shape index (κ3) is 2.45. The topological polar surface area (TPSA) is 27.8 Å². The molecule has 0 aliphatic rings. The quantitative estimate of drug-likeness (QED) is 0.707. The van der Waals surface area contributed by atoms with Crippen LogP contribution in [0.1, 0.15) is 11.1 Å². The first kappa shape index (κ1) is 12.1. The molecule has 3 heteroatoms. The summed E-state index contributed by atoms with van der Waals surface area (Å²) in [5.74, 6) is 0. The molecule has 1 aromatic heterocycles. The molecule has 0 amide bonds. The van der Waals surface area contributed by atoms with E-state index in [1.54, 1.807) is 0 Å². The van der Waals surface area contributed by atoms with Crippen LogP contribution in [0.3, 0.4) is 0 Å². The summed E-state index contributed by atoms with van der Waals surface area (Å²) in [5, 5.41) is 5.39. The highest BCUT2D eigenvalue weighted by atomic mass is 35.5. The Kier molecular flexibility index (Phi) is 3.18. The van der Waals surface area contributed by atoms with Crippen LogP contribution in [0.4, 0.5) is 5.69 Å². The Bertz CT molecular complexity index is 716. The molecule has 19 heavy (non-hydrogen) atoms. The van der Waals surface area contributed by atoms with Gasteiger partial charge in [0.25, 0.3) is 0 Å². The first-order valence-electron chi connectivity index (χ1n) is 6.29. The molecule has 3 rings (SSSR count). The Morgan fingerprint density at radius 2 is 2.00 bits per heavy atom. The second-order valence-electron chi connectivity index (χ2n) is 4.70. The van der Waals surface area contributed by atoms with Crippen LogP contribution in [-0.4, -0.2) is 4.98 Å². The summed E-state index contributed by atoms with van der Waals surface area (Å²) in [6.45, 7) is 2.79. The highest BCUT2D eigenvalue weighted by Crippen LogP contribution is 2.24. The average molecular weight is 271 g/mol. The molecule has 2 aromatic carbocycles. The number of anilines is 1. The Hall–Kier alpha value is -1.93. The fourth-order valence-corrected chi connectivity index (χ4v) is 2.53. The number of aryl methyl sites for hydroxylation is 1. The zero-order valence-electron chi connectivity index (χ0n) is 10.7. The van der Waals surface area contributed by atoms with E-state index in [1.807, 2.05) is 31.3 Å². The van der Waals surface area contributed by atoms with Gasteiger partial charge in [-0.3, -0.25) is 0 Å². The predicted octanol–water partition coefficient (Wildman–Crippen LogP) is 4.74. The predicted molar refractivity (Wildman–Crippen MR) is 81.8 cm³/mol. The molecule has 0 aliphatic heterocycles. The number of hydrogen-bond acceptors (Lipinski definition) is 1. The largest absolute Gasteiger partial charge is 0.380 e. The smallest absolute Gasteiger partial charge is 0.0640 e. The van der Waals surface area contributed by atoms with Crippen molar-refractivity contribution in [2.75, 3.05) is 5.32 Å². The number of rotatable bonds is 3. The highest BCUT2D eigenvalue weighted by Gasteiger charge is 2.04. The summed E-state index contributed by atoms with van der Waals surface area (Å²) in [7, 11) is 0. The molecule has 0 spiro atoms. The zero-order valence-corrected chi connectivity index (χ0v) is 11.5. The summed E-state index contributed by atoms with van der Waals surface area (Å²) < 4.78 is 0. The van der Waals surface area contributed by atoms with E-state index in [0.717, 1.165) is 22.8 Å². The van der Waals surface area contributed by atoms with Crippen molar-refractivity contribution in [1.82, 2.24) is 4.98 Å². The van der Waals surface area contributed by atoms with Crippen LogP contribution in [-0.2, 0) is 6.54 Å². The molecular weight excluding hydrogens is 256 g/mol. The minimum Gasteiger partial charge on any atom is -0.380 e. The van der Waals surface area contributed by atoms with Gasteiger partial charge in [0.05, 0.1) is 10.7 Å². The second kappa shape index (κ2) is 4.98. The van der Waals surface area contributed by atoms with E-state index < -0.39 is 0 Å². The van der Waals surface area contributed by atoms with Crippen molar-refractivity contribution in [3.8, 4) is 0 Å². The van der Waals surface area contributed by atoms with Crippen molar-refractivity contribution >= 4 is 28.2 Å². The van der Waals surface area contributed by atoms with Gasteiger partial charge in [0.2, 0.25) is 0 Å². The Morgan fingerprint density at radius 1 is 1.16 bits per heavy atom. The molecule has 0 radical (unpaired) electrons. The Labute approximate surface area is 117 Å². The maximum absolute atomic E-state index is 6.22. The molecule has 0 atom stereocenters. The molecule has 1 heterocycles. The maximum atomic E-state index is 6.22. The number of para-hydroxylation sites is 1. The summed E-state index contributed by atoms with van der Waals surface area (Å²) in [4.78, 5) is 3.28. The van der Waals surface area contributed by atoms with Crippen LogP contribution < -0.4 is 5.32 Å². The highest BCUT2D eigenvalue weighted by molar-refractivity contribution is 6.33. The molecule has 2 nitrogen and oxygen atoms in total. The van der Waals surface area contributed by atoms with Gasteiger partial charge in [0.15, 0.2) is 0 Å². The van der Waals surface area contributed by atoms with Gasteiger partial charge in [-0.1, -0.05) is 35.9 Å². The summed E-state index contributed by atoms with van der Waals surface area (Å²) in [5.41, 5.74) is 4.54. The van der Waals surface area contributed by atoms with Gasteiger partial charge in [-0.25, -0.2) is 0 Å². The number of hydrogen-bond donors (Lipinski definition) is 2. The molecule has 3 aromatic rings. The number of aromatic amines is 1. The molecule has 0 bridgehead atoms. The van der Waals surface area contributed by atoms with E-state index in [2.05, 4.69) is 34.6 Å². The van der Waals surface area contributed by atoms with E-state index in [9.17, 15) is 0 Å². The third-order valence-electron chi connectivity index (χ3n) is 3.27. The van der Waals surface area contributed by atoms with Crippen molar-refractivity contribution in [1.29, 1.82) is 0 Å². The van der Waals surface area contributed by atoms with E-state index in [4.69, 9.17) is 11.6 Å². The molecule has 0 saturated carbocycles. The van der Waals surface area contributed by atoms with E-state index in [1.165, 1.54) is 16.5 Å². The van der Waals surface area contributed by atoms with Crippen molar-refractivity contribution < 1.29 is 0 Å². The van der Waals surface area contributed by atoms with E-state index >= 15 is 0 Å². The standard InChI is InChI=1S/C16H15ClN2/c1-11-6-7-16(14(17)8-11)19-10-12-9-18-15-5-3-2-4-13(12)15/h2-9,18-19H,10H2,1H3. The fourth-order valence-electron chi connectivity index (χ4n) is 2.23. The lowest BCUT2D eigenvalue weighted by atomic mass is 10.1. The van der Waals surface area contributed by atoms with Crippen molar-refractivity contribution in [3.63, 3.8) is 0 Å². The second-order valence-corrected chi connectivity index (χ2v) is 5.10. The normalized spacial score (nSPS) is 10.8. The molecule has 0 saturated heterocycles. The van der Waals surface area contributed by atoms with Gasteiger partial charge in [0.1, 0.15) is 0 Å². The Morgan fingerprint density at radius 3 is 2.84 bits per heavy atom. The van der Waals surface area contributed by atoms with Crippen molar-refractivity contribution in [3.05, 3.63) is 64.8 Å². The minimum atomic E-state index is 0.757. The first-order chi connectivity index (χ1) is 9.24. The van der Waals surface area contributed by atoms with Crippen LogP contribution >= 0.6 is 11.6 Å². The van der Waals surface area contributed by atoms with Gasteiger partial charge in [-0.05, 0) is 36.2 Å². The molecule has 0 aliphatic carbocycles. The van der Waals surface area contributed by atoms with Gasteiger partial charge < -0.3 is 10.3 Å². The molecular formula is C16H15ClN2. The maximum Gasteiger partial charge on any atom is 0.0640 e. The molecule has 2 N–H and O–H groups in total. The minimum absolute atomic E-state index is 0.757. The monoisotopic (exact) mass is 270 g/mol. The van der Waals surface area contributed by atoms with E-state index in [0.29, 0.717) is 0 Å². The van der Waals surface area contributed by atoms with Crippen LogP contribution in [0.5, 0.6) is 0 Å². The third-order valence-corrected chi connectivity index (χ3v) is 3.58. The van der Waals surface area contributed by atoms with Gasteiger partial charge in [-0.2, -0.15) is 0 Å². The lowest BCUT2D eigenvalue weighted by Crippen LogP contribution is -1.99. The number of nitrogens with one attached hydrogen (secondary N) is 2. The lowest BCUT2D eigenvalue weighted by Gasteiger charge is -2.08. The van der Waals surface area contributed by atoms with E-state index in [-0.39, 0.29) is 0 Å². The molecule has 96 valence electrons. The van der Waals surface area contributed by atoms with Crippen LogP contribution in [0.2, 0.25) is 5.02 Å². The zero-order chi connectivity index (χ0) is 13.2. The van der Waals surface area contributed by atoms with Crippen molar-refractivity contribution in [2.24, 2.45) is 0 Å². The van der Waals surface area contributed by atoms with Crippen LogP contribution in [0.15, 0.2) is 48.7 Å². The number of H-pyrrole nitrogens is 1. The lowest BCUT2D eigenvalue weighted by molar-refractivity contribution is 1.16. The molecule has 0 fully saturated rings. The van der Waals surface area contributed by atoms with Gasteiger partial charge >= 0.3 is 0 Å². The number of aromatic nitrogens is 1. The Balaban J connectivity index is 1.82. The van der Waals surface area contributed by atoms with Crippen LogP contribution in [0.25, 0.3) is 10.9 Å². The van der Waals surface area contributed by atoms with Crippen molar-refractivity contribution in [2.45, 2.75) is 13.5 Å². The number of fused-ring (bicyclic) bond motifs is 1. The number of benzene rings is 2. The summed E-state index contributed by atoms with van der Waals surface area (Å²) >= 11 is 6.22. The fraction of sp³-hybridized carbons (Fsp3) is 0.125. The number of halogens is 1. The van der Waals surface area contributed by atoms with Gasteiger partial charge in [-0.15, -0.1) is 0 Å².